The van der Waals surface area contributed by atoms with Gasteiger partial charge in [0.2, 0.25) is 0 Å². The van der Waals surface area contributed by atoms with Gasteiger partial charge < -0.3 is 10.2 Å². The van der Waals surface area contributed by atoms with E-state index in [2.05, 4.69) is 16.4 Å². The number of para-hydroxylation sites is 1. The molecule has 2 aromatic heterocycles. The number of nitrogens with one attached hydrogen (secondary N) is 1. The standard InChI is InChI=1S/C18H19N3OS2.ClH/c1-21(12-8-10-19-11-9-12)18(22)16-7-6-15(23-16)17-20-13-4-2-3-5-14(13)24-17;/h2-7,12,19H,8-11H2,1H3;1H. The lowest BCUT2D eigenvalue weighted by Gasteiger charge is -2.31. The number of carbonyl (C=O) groups excluding carboxylic acids is 1. The van der Waals surface area contributed by atoms with Crippen molar-refractivity contribution in [3.05, 3.63) is 41.3 Å². The molecule has 1 N–H and O–H groups in total. The summed E-state index contributed by atoms with van der Waals surface area (Å²) in [6, 6.07) is 12.4. The molecule has 1 saturated heterocycles. The third-order valence-electron chi connectivity index (χ3n) is 4.50. The van der Waals surface area contributed by atoms with Crippen LogP contribution in [-0.4, -0.2) is 42.0 Å². The van der Waals surface area contributed by atoms with Crippen molar-refractivity contribution in [2.24, 2.45) is 0 Å². The van der Waals surface area contributed by atoms with Crippen molar-refractivity contribution in [2.45, 2.75) is 18.9 Å². The third kappa shape index (κ3) is 3.72. The van der Waals surface area contributed by atoms with E-state index in [1.807, 2.05) is 42.3 Å². The fourth-order valence-corrected chi connectivity index (χ4v) is 5.09. The number of aromatic nitrogens is 1. The molecule has 1 aliphatic heterocycles. The maximum atomic E-state index is 12.8. The van der Waals surface area contributed by atoms with Crippen LogP contribution in [0.2, 0.25) is 0 Å². The molecule has 0 spiro atoms. The van der Waals surface area contributed by atoms with Crippen LogP contribution in [0, 0.1) is 0 Å². The lowest BCUT2D eigenvalue weighted by molar-refractivity contribution is 0.0708. The number of piperidine rings is 1. The minimum Gasteiger partial charge on any atom is -0.338 e. The number of thiazole rings is 1. The quantitative estimate of drug-likeness (QED) is 0.722. The van der Waals surface area contributed by atoms with E-state index in [9.17, 15) is 4.79 Å². The predicted molar refractivity (Wildman–Crippen MR) is 108 cm³/mol. The number of thiophene rings is 1. The van der Waals surface area contributed by atoms with Crippen LogP contribution < -0.4 is 5.32 Å². The Balaban J connectivity index is 0.00000182. The summed E-state index contributed by atoms with van der Waals surface area (Å²) in [5, 5.41) is 4.33. The number of carbonyl (C=O) groups is 1. The van der Waals surface area contributed by atoms with E-state index in [-0.39, 0.29) is 18.3 Å². The van der Waals surface area contributed by atoms with Crippen LogP contribution in [0.5, 0.6) is 0 Å². The highest BCUT2D eigenvalue weighted by molar-refractivity contribution is 7.26. The Morgan fingerprint density at radius 1 is 1.16 bits per heavy atom. The summed E-state index contributed by atoms with van der Waals surface area (Å²) < 4.78 is 1.18. The van der Waals surface area contributed by atoms with E-state index in [0.29, 0.717) is 6.04 Å². The van der Waals surface area contributed by atoms with E-state index in [1.165, 1.54) is 4.70 Å². The first-order chi connectivity index (χ1) is 11.7. The van der Waals surface area contributed by atoms with E-state index in [0.717, 1.165) is 46.2 Å². The third-order valence-corrected chi connectivity index (χ3v) is 6.78. The van der Waals surface area contributed by atoms with Gasteiger partial charge in [0.1, 0.15) is 5.01 Å². The van der Waals surface area contributed by atoms with Gasteiger partial charge in [0, 0.05) is 13.1 Å². The first kappa shape index (κ1) is 18.3. The van der Waals surface area contributed by atoms with E-state index in [4.69, 9.17) is 0 Å². The molecule has 1 aromatic carbocycles. The first-order valence-corrected chi connectivity index (χ1v) is 9.79. The van der Waals surface area contributed by atoms with Crippen LogP contribution in [-0.2, 0) is 0 Å². The summed E-state index contributed by atoms with van der Waals surface area (Å²) in [4.78, 5) is 21.2. The molecule has 132 valence electrons. The van der Waals surface area contributed by atoms with Gasteiger partial charge >= 0.3 is 0 Å². The molecule has 3 aromatic rings. The Kier molecular flexibility index (Phi) is 5.74. The molecular formula is C18H20ClN3OS2. The second-order valence-corrected chi connectivity index (χ2v) is 8.16. The minimum atomic E-state index is 0. The molecular weight excluding hydrogens is 374 g/mol. The molecule has 0 atom stereocenters. The number of amides is 1. The smallest absolute Gasteiger partial charge is 0.263 e. The topological polar surface area (TPSA) is 45.2 Å². The van der Waals surface area contributed by atoms with E-state index in [1.54, 1.807) is 22.7 Å². The molecule has 0 unspecified atom stereocenters. The Morgan fingerprint density at radius 2 is 1.92 bits per heavy atom. The van der Waals surface area contributed by atoms with Gasteiger partial charge in [0.15, 0.2) is 0 Å². The fourth-order valence-electron chi connectivity index (χ4n) is 3.08. The molecule has 25 heavy (non-hydrogen) atoms. The van der Waals surface area contributed by atoms with Crippen molar-refractivity contribution in [1.29, 1.82) is 0 Å². The van der Waals surface area contributed by atoms with Gasteiger partial charge in [0.05, 0.1) is 20.0 Å². The summed E-state index contributed by atoms with van der Waals surface area (Å²) in [7, 11) is 1.93. The lowest BCUT2D eigenvalue weighted by Crippen LogP contribution is -2.43. The molecule has 0 saturated carbocycles. The summed E-state index contributed by atoms with van der Waals surface area (Å²) in [6.45, 7) is 1.98. The summed E-state index contributed by atoms with van der Waals surface area (Å²) in [5.74, 6) is 0.124. The molecule has 1 fully saturated rings. The fraction of sp³-hybridized carbons (Fsp3) is 0.333. The largest absolute Gasteiger partial charge is 0.338 e. The second kappa shape index (κ2) is 7.83. The number of hydrogen-bond donors (Lipinski definition) is 1. The van der Waals surface area contributed by atoms with Crippen molar-refractivity contribution in [3.63, 3.8) is 0 Å². The predicted octanol–water partition coefficient (Wildman–Crippen LogP) is 4.27. The maximum Gasteiger partial charge on any atom is 0.263 e. The highest BCUT2D eigenvalue weighted by atomic mass is 35.5. The van der Waals surface area contributed by atoms with Crippen molar-refractivity contribution in [1.82, 2.24) is 15.2 Å². The minimum absolute atomic E-state index is 0. The summed E-state index contributed by atoms with van der Waals surface area (Å²) in [6.07, 6.45) is 2.05. The highest BCUT2D eigenvalue weighted by Gasteiger charge is 2.24. The highest BCUT2D eigenvalue weighted by Crippen LogP contribution is 2.34. The van der Waals surface area contributed by atoms with Crippen LogP contribution in [0.3, 0.4) is 0 Å². The van der Waals surface area contributed by atoms with Crippen molar-refractivity contribution in [2.75, 3.05) is 20.1 Å². The maximum absolute atomic E-state index is 12.8. The van der Waals surface area contributed by atoms with Crippen LogP contribution in [0.4, 0.5) is 0 Å². The Morgan fingerprint density at radius 3 is 2.68 bits per heavy atom. The number of hydrogen-bond acceptors (Lipinski definition) is 5. The van der Waals surface area contributed by atoms with Gasteiger partial charge in [-0.3, -0.25) is 4.79 Å². The molecule has 1 aliphatic rings. The summed E-state index contributed by atoms with van der Waals surface area (Å²) >= 11 is 3.22. The molecule has 0 radical (unpaired) electrons. The lowest BCUT2D eigenvalue weighted by atomic mass is 10.1. The average molecular weight is 394 g/mol. The van der Waals surface area contributed by atoms with Crippen LogP contribution in [0.25, 0.3) is 20.1 Å². The Labute approximate surface area is 161 Å². The van der Waals surface area contributed by atoms with Crippen molar-refractivity contribution in [3.8, 4) is 9.88 Å². The van der Waals surface area contributed by atoms with E-state index < -0.39 is 0 Å². The number of benzene rings is 1. The number of rotatable bonds is 3. The van der Waals surface area contributed by atoms with Crippen LogP contribution >= 0.6 is 35.1 Å². The molecule has 3 heterocycles. The zero-order valence-electron chi connectivity index (χ0n) is 13.9. The van der Waals surface area contributed by atoms with Gasteiger partial charge in [-0.05, 0) is 50.2 Å². The van der Waals surface area contributed by atoms with Crippen molar-refractivity contribution < 1.29 is 4.79 Å². The van der Waals surface area contributed by atoms with Crippen molar-refractivity contribution >= 4 is 51.2 Å². The number of halogens is 1. The zero-order chi connectivity index (χ0) is 16.5. The second-order valence-electron chi connectivity index (χ2n) is 6.05. The Bertz CT molecular complexity index is 837. The zero-order valence-corrected chi connectivity index (χ0v) is 16.3. The molecule has 0 bridgehead atoms. The van der Waals surface area contributed by atoms with Gasteiger partial charge in [0.25, 0.3) is 5.91 Å². The normalized spacial score (nSPS) is 15.1. The van der Waals surface area contributed by atoms with Gasteiger partial charge in [-0.15, -0.1) is 35.1 Å². The van der Waals surface area contributed by atoms with Gasteiger partial charge in [-0.25, -0.2) is 4.98 Å². The molecule has 0 aliphatic carbocycles. The summed E-state index contributed by atoms with van der Waals surface area (Å²) in [5.41, 5.74) is 1.02. The molecule has 7 heteroatoms. The van der Waals surface area contributed by atoms with Crippen LogP contribution in [0.1, 0.15) is 22.5 Å². The van der Waals surface area contributed by atoms with Crippen LogP contribution in [0.15, 0.2) is 36.4 Å². The SMILES string of the molecule is CN(C(=O)c1ccc(-c2nc3ccccc3s2)s1)C1CCNCC1.Cl. The molecule has 1 amide bonds. The number of fused-ring (bicyclic) bond motifs is 1. The Hall–Kier alpha value is -1.47. The number of nitrogens with zero attached hydrogens (tertiary/aromatic N) is 2. The monoisotopic (exact) mass is 393 g/mol. The van der Waals surface area contributed by atoms with Gasteiger partial charge in [-0.2, -0.15) is 0 Å². The van der Waals surface area contributed by atoms with E-state index >= 15 is 0 Å². The average Bonchev–Trinajstić information content (AvgIpc) is 3.27. The first-order valence-electron chi connectivity index (χ1n) is 8.16. The van der Waals surface area contributed by atoms with Gasteiger partial charge in [-0.1, -0.05) is 12.1 Å². The molecule has 4 nitrogen and oxygen atoms in total. The molecule has 4 rings (SSSR count).